The maximum atomic E-state index is 12.1. The zero-order valence-electron chi connectivity index (χ0n) is 15.1. The molecule has 0 aliphatic carbocycles. The summed E-state index contributed by atoms with van der Waals surface area (Å²) in [6.45, 7) is 4.43. The first kappa shape index (κ1) is 18.7. The largest absolute Gasteiger partial charge is 0.508 e. The number of aromatic hydroxyl groups is 1. The van der Waals surface area contributed by atoms with Crippen LogP contribution in [0.3, 0.4) is 0 Å². The average molecular weight is 382 g/mol. The summed E-state index contributed by atoms with van der Waals surface area (Å²) in [4.78, 5) is 12.1. The van der Waals surface area contributed by atoms with Gasteiger partial charge in [0, 0.05) is 34.1 Å². The molecule has 0 radical (unpaired) electrons. The number of carbonyl (C=O) groups is 1. The Kier molecular flexibility index (Phi) is 5.62. The van der Waals surface area contributed by atoms with Gasteiger partial charge in [-0.15, -0.1) is 0 Å². The van der Waals surface area contributed by atoms with Crippen LogP contribution in [0, 0.1) is 13.8 Å². The van der Waals surface area contributed by atoms with Crippen LogP contribution in [0.4, 0.5) is 5.69 Å². The van der Waals surface area contributed by atoms with Crippen LogP contribution in [0.1, 0.15) is 22.5 Å². The van der Waals surface area contributed by atoms with Gasteiger partial charge in [0.05, 0.1) is 12.2 Å². The molecule has 0 spiro atoms. The lowest BCUT2D eigenvalue weighted by molar-refractivity contribution is -0.111. The van der Waals surface area contributed by atoms with E-state index in [-0.39, 0.29) is 11.7 Å². The number of halogens is 1. The highest BCUT2D eigenvalue weighted by Crippen LogP contribution is 2.20. The van der Waals surface area contributed by atoms with Crippen LogP contribution < -0.4 is 5.32 Å². The van der Waals surface area contributed by atoms with Gasteiger partial charge in [0.25, 0.3) is 0 Å². The summed E-state index contributed by atoms with van der Waals surface area (Å²) >= 11 is 6.24. The molecule has 138 valence electrons. The maximum absolute atomic E-state index is 12.1. The second kappa shape index (κ2) is 8.10. The molecule has 6 heteroatoms. The zero-order valence-corrected chi connectivity index (χ0v) is 15.9. The smallest absolute Gasteiger partial charge is 0.248 e. The third-order valence-corrected chi connectivity index (χ3v) is 4.60. The molecule has 0 fully saturated rings. The van der Waals surface area contributed by atoms with Crippen LogP contribution in [0.25, 0.3) is 6.08 Å². The summed E-state index contributed by atoms with van der Waals surface area (Å²) in [5, 5.41) is 17.4. The number of phenols is 1. The van der Waals surface area contributed by atoms with Crippen molar-refractivity contribution in [1.29, 1.82) is 0 Å². The lowest BCUT2D eigenvalue weighted by atomic mass is 10.1. The number of aromatic nitrogens is 2. The number of hydrogen-bond donors (Lipinski definition) is 2. The van der Waals surface area contributed by atoms with E-state index in [2.05, 4.69) is 10.4 Å². The van der Waals surface area contributed by atoms with Gasteiger partial charge in [0.2, 0.25) is 5.91 Å². The van der Waals surface area contributed by atoms with Gasteiger partial charge in [-0.25, -0.2) is 0 Å². The summed E-state index contributed by atoms with van der Waals surface area (Å²) in [5.41, 5.74) is 4.21. The molecule has 0 atom stereocenters. The monoisotopic (exact) mass is 381 g/mol. The number of carbonyl (C=O) groups excluding carboxylic acids is 1. The minimum atomic E-state index is -0.279. The standard InChI is InChI=1S/C21H20ClN3O2/c1-14-19(10-11-21(27)23-17-7-5-8-18(26)12-17)15(2)25(24-14)13-16-6-3-4-9-20(16)22/h3-12,26H,13H2,1-2H3,(H,23,27)/b11-10+. The van der Waals surface area contributed by atoms with Crippen molar-refractivity contribution >= 4 is 29.3 Å². The maximum Gasteiger partial charge on any atom is 0.248 e. The number of nitrogens with zero attached hydrogens (tertiary/aromatic N) is 2. The number of nitrogens with one attached hydrogen (secondary N) is 1. The van der Waals surface area contributed by atoms with Crippen molar-refractivity contribution in [2.45, 2.75) is 20.4 Å². The molecular formula is C21H20ClN3O2. The molecule has 3 aromatic rings. The molecule has 0 saturated carbocycles. The Morgan fingerprint density at radius 1 is 1.22 bits per heavy atom. The van der Waals surface area contributed by atoms with Gasteiger partial charge < -0.3 is 10.4 Å². The van der Waals surface area contributed by atoms with Gasteiger partial charge in [-0.1, -0.05) is 35.9 Å². The van der Waals surface area contributed by atoms with Crippen LogP contribution in [-0.2, 0) is 11.3 Å². The number of hydrogen-bond acceptors (Lipinski definition) is 3. The van der Waals surface area contributed by atoms with Crippen LogP contribution in [-0.4, -0.2) is 20.8 Å². The number of amides is 1. The topological polar surface area (TPSA) is 67.2 Å². The minimum Gasteiger partial charge on any atom is -0.508 e. The normalized spacial score (nSPS) is 11.1. The van der Waals surface area contributed by atoms with Gasteiger partial charge in [0.1, 0.15) is 5.75 Å². The van der Waals surface area contributed by atoms with Crippen LogP contribution >= 0.6 is 11.6 Å². The van der Waals surface area contributed by atoms with Gasteiger partial charge in [-0.05, 0) is 43.7 Å². The summed E-state index contributed by atoms with van der Waals surface area (Å²) in [6.07, 6.45) is 3.21. The number of aryl methyl sites for hydroxylation is 1. The van der Waals surface area contributed by atoms with E-state index in [0.717, 1.165) is 22.5 Å². The van der Waals surface area contributed by atoms with E-state index < -0.39 is 0 Å². The molecule has 2 aromatic carbocycles. The van der Waals surface area contributed by atoms with E-state index in [1.54, 1.807) is 24.3 Å². The summed E-state index contributed by atoms with van der Waals surface area (Å²) < 4.78 is 1.88. The Hall–Kier alpha value is -3.05. The van der Waals surface area contributed by atoms with Gasteiger partial charge in [0.15, 0.2) is 0 Å². The molecule has 27 heavy (non-hydrogen) atoms. The Labute approximate surface area is 162 Å². The fourth-order valence-corrected chi connectivity index (χ4v) is 3.02. The van der Waals surface area contributed by atoms with Crippen molar-refractivity contribution in [1.82, 2.24) is 9.78 Å². The van der Waals surface area contributed by atoms with Gasteiger partial charge >= 0.3 is 0 Å². The Morgan fingerprint density at radius 2 is 2.00 bits per heavy atom. The summed E-state index contributed by atoms with van der Waals surface area (Å²) in [7, 11) is 0. The SMILES string of the molecule is Cc1nn(Cc2ccccc2Cl)c(C)c1/C=C/C(=O)Nc1cccc(O)c1. The van der Waals surface area contributed by atoms with Crippen molar-refractivity contribution < 1.29 is 9.90 Å². The predicted octanol–water partition coefficient (Wildman–Crippen LogP) is 4.56. The quantitative estimate of drug-likeness (QED) is 0.636. The molecule has 3 rings (SSSR count). The van der Waals surface area contributed by atoms with E-state index in [4.69, 9.17) is 11.6 Å². The highest BCUT2D eigenvalue weighted by Gasteiger charge is 2.11. The number of anilines is 1. The lowest BCUT2D eigenvalue weighted by Crippen LogP contribution is -2.07. The van der Waals surface area contributed by atoms with Crippen LogP contribution in [0.2, 0.25) is 5.02 Å². The summed E-state index contributed by atoms with van der Waals surface area (Å²) in [6, 6.07) is 14.1. The number of rotatable bonds is 5. The molecule has 0 aliphatic rings. The fourth-order valence-electron chi connectivity index (χ4n) is 2.82. The lowest BCUT2D eigenvalue weighted by Gasteiger charge is -2.06. The Morgan fingerprint density at radius 3 is 2.74 bits per heavy atom. The van der Waals surface area contributed by atoms with Gasteiger partial charge in [-0.2, -0.15) is 5.10 Å². The second-order valence-corrected chi connectivity index (χ2v) is 6.61. The van der Waals surface area contributed by atoms with E-state index in [0.29, 0.717) is 17.3 Å². The second-order valence-electron chi connectivity index (χ2n) is 6.21. The fraction of sp³-hybridized carbons (Fsp3) is 0.143. The molecule has 0 aliphatic heterocycles. The van der Waals surface area contributed by atoms with Gasteiger partial charge in [-0.3, -0.25) is 9.48 Å². The minimum absolute atomic E-state index is 0.101. The highest BCUT2D eigenvalue weighted by molar-refractivity contribution is 6.31. The molecule has 1 heterocycles. The molecule has 1 aromatic heterocycles. The first-order valence-electron chi connectivity index (χ1n) is 8.49. The van der Waals surface area contributed by atoms with Crippen LogP contribution in [0.5, 0.6) is 5.75 Å². The molecule has 0 unspecified atom stereocenters. The number of phenolic OH excluding ortho intramolecular Hbond substituents is 1. The van der Waals surface area contributed by atoms with Crippen molar-refractivity contribution in [2.75, 3.05) is 5.32 Å². The molecule has 1 amide bonds. The third kappa shape index (κ3) is 4.57. The number of benzene rings is 2. The van der Waals surface area contributed by atoms with Crippen molar-refractivity contribution in [2.24, 2.45) is 0 Å². The Balaban J connectivity index is 1.75. The van der Waals surface area contributed by atoms with E-state index in [1.165, 1.54) is 12.1 Å². The van der Waals surface area contributed by atoms with Crippen molar-refractivity contribution in [3.8, 4) is 5.75 Å². The van der Waals surface area contributed by atoms with Crippen molar-refractivity contribution in [3.05, 3.63) is 82.1 Å². The molecule has 2 N–H and O–H groups in total. The predicted molar refractivity (Wildman–Crippen MR) is 108 cm³/mol. The first-order chi connectivity index (χ1) is 12.9. The third-order valence-electron chi connectivity index (χ3n) is 4.23. The van der Waals surface area contributed by atoms with Crippen LogP contribution in [0.15, 0.2) is 54.6 Å². The molecule has 5 nitrogen and oxygen atoms in total. The van der Waals surface area contributed by atoms with E-state index >= 15 is 0 Å². The molecule has 0 bridgehead atoms. The average Bonchev–Trinajstić information content (AvgIpc) is 2.88. The Bertz CT molecular complexity index is 1010. The molecule has 0 saturated heterocycles. The zero-order chi connectivity index (χ0) is 19.4. The summed E-state index contributed by atoms with van der Waals surface area (Å²) in [5.74, 6) is -0.178. The highest BCUT2D eigenvalue weighted by atomic mass is 35.5. The molecular weight excluding hydrogens is 362 g/mol. The van der Waals surface area contributed by atoms with E-state index in [9.17, 15) is 9.90 Å². The first-order valence-corrected chi connectivity index (χ1v) is 8.87. The van der Waals surface area contributed by atoms with Crippen molar-refractivity contribution in [3.63, 3.8) is 0 Å². The van der Waals surface area contributed by atoms with E-state index in [1.807, 2.05) is 42.8 Å².